The standard InChI is InChI=1S/C21H16BrN3O7/c1-3-7-32-18-16(22)9-12(10-17(18)31-2)8-15-19(26)23-21(28)24(20(15)27)13-5-4-6-14(11-13)25(29)30/h3-6,8-11H,1,7H2,2H3,(H,23,26,28)/b15-8+. The van der Waals surface area contributed by atoms with Crippen LogP contribution in [0.3, 0.4) is 0 Å². The Hall–Kier alpha value is -3.99. The van der Waals surface area contributed by atoms with Crippen LogP contribution in [0.25, 0.3) is 6.08 Å². The highest BCUT2D eigenvalue weighted by Crippen LogP contribution is 2.37. The van der Waals surface area contributed by atoms with E-state index in [0.29, 0.717) is 26.4 Å². The van der Waals surface area contributed by atoms with Gasteiger partial charge in [0.05, 0.1) is 22.2 Å². The lowest BCUT2D eigenvalue weighted by Crippen LogP contribution is -2.54. The number of nitrogens with zero attached hydrogens (tertiary/aromatic N) is 2. The van der Waals surface area contributed by atoms with Gasteiger partial charge in [-0.25, -0.2) is 9.69 Å². The average molecular weight is 502 g/mol. The largest absolute Gasteiger partial charge is 0.493 e. The number of amides is 4. The molecule has 3 rings (SSSR count). The monoisotopic (exact) mass is 501 g/mol. The van der Waals surface area contributed by atoms with Crippen molar-refractivity contribution in [2.45, 2.75) is 0 Å². The van der Waals surface area contributed by atoms with Crippen molar-refractivity contribution in [3.63, 3.8) is 0 Å². The molecule has 0 atom stereocenters. The van der Waals surface area contributed by atoms with E-state index in [1.165, 1.54) is 31.4 Å². The number of methoxy groups -OCH3 is 1. The van der Waals surface area contributed by atoms with Gasteiger partial charge < -0.3 is 9.47 Å². The van der Waals surface area contributed by atoms with Gasteiger partial charge in [-0.3, -0.25) is 25.0 Å². The first-order chi connectivity index (χ1) is 15.3. The summed E-state index contributed by atoms with van der Waals surface area (Å²) in [6.07, 6.45) is 2.84. The topological polar surface area (TPSA) is 128 Å². The number of urea groups is 1. The zero-order valence-electron chi connectivity index (χ0n) is 16.7. The first-order valence-electron chi connectivity index (χ1n) is 9.04. The third-order valence-electron chi connectivity index (χ3n) is 4.31. The van der Waals surface area contributed by atoms with Gasteiger partial charge >= 0.3 is 6.03 Å². The first-order valence-corrected chi connectivity index (χ1v) is 9.83. The van der Waals surface area contributed by atoms with Gasteiger partial charge in [-0.2, -0.15) is 0 Å². The van der Waals surface area contributed by atoms with Gasteiger partial charge in [0, 0.05) is 12.1 Å². The smallest absolute Gasteiger partial charge is 0.335 e. The van der Waals surface area contributed by atoms with Crippen LogP contribution >= 0.6 is 15.9 Å². The molecule has 10 nitrogen and oxygen atoms in total. The molecule has 0 bridgehead atoms. The van der Waals surface area contributed by atoms with Crippen LogP contribution in [0.15, 0.2) is 59.1 Å². The lowest BCUT2D eigenvalue weighted by molar-refractivity contribution is -0.384. The van der Waals surface area contributed by atoms with E-state index in [9.17, 15) is 24.5 Å². The number of benzene rings is 2. The van der Waals surface area contributed by atoms with E-state index in [4.69, 9.17) is 9.47 Å². The number of nitro benzene ring substituents is 1. The molecule has 164 valence electrons. The van der Waals surface area contributed by atoms with E-state index >= 15 is 0 Å². The molecule has 2 aromatic rings. The molecule has 1 fully saturated rings. The molecule has 32 heavy (non-hydrogen) atoms. The molecular formula is C21H16BrN3O7. The second kappa shape index (κ2) is 9.43. The van der Waals surface area contributed by atoms with Crippen LogP contribution in [0.5, 0.6) is 11.5 Å². The van der Waals surface area contributed by atoms with E-state index in [1.54, 1.807) is 18.2 Å². The minimum Gasteiger partial charge on any atom is -0.493 e. The number of anilines is 1. The maximum atomic E-state index is 13.0. The molecule has 1 saturated heterocycles. The first kappa shape index (κ1) is 22.7. The van der Waals surface area contributed by atoms with Crippen LogP contribution in [0.4, 0.5) is 16.2 Å². The lowest BCUT2D eigenvalue weighted by Gasteiger charge is -2.26. The molecule has 0 saturated carbocycles. The summed E-state index contributed by atoms with van der Waals surface area (Å²) in [5, 5.41) is 13.1. The van der Waals surface area contributed by atoms with Crippen LogP contribution in [-0.4, -0.2) is 36.5 Å². The Morgan fingerprint density at radius 1 is 1.25 bits per heavy atom. The molecule has 1 heterocycles. The van der Waals surface area contributed by atoms with Gasteiger partial charge in [0.25, 0.3) is 17.5 Å². The van der Waals surface area contributed by atoms with Crippen LogP contribution in [0, 0.1) is 10.1 Å². The minimum absolute atomic E-state index is 0.0490. The summed E-state index contributed by atoms with van der Waals surface area (Å²) in [6, 6.07) is 7.10. The molecule has 11 heteroatoms. The molecule has 0 aliphatic carbocycles. The number of imide groups is 2. The van der Waals surface area contributed by atoms with Gasteiger partial charge in [-0.15, -0.1) is 0 Å². The summed E-state index contributed by atoms with van der Waals surface area (Å²) in [7, 11) is 1.43. The predicted octanol–water partition coefficient (Wildman–Crippen LogP) is 3.60. The zero-order chi connectivity index (χ0) is 23.4. The van der Waals surface area contributed by atoms with Gasteiger partial charge in [-0.05, 0) is 45.8 Å². The second-order valence-corrected chi connectivity index (χ2v) is 7.22. The molecule has 0 unspecified atom stereocenters. The Kier molecular flexibility index (Phi) is 6.69. The lowest BCUT2D eigenvalue weighted by atomic mass is 10.1. The Morgan fingerprint density at radius 2 is 2.00 bits per heavy atom. The molecule has 0 spiro atoms. The van der Waals surface area contributed by atoms with Gasteiger partial charge in [-0.1, -0.05) is 18.7 Å². The summed E-state index contributed by atoms with van der Waals surface area (Å²) < 4.78 is 11.4. The number of non-ortho nitro benzene ring substituents is 1. The Bertz CT molecular complexity index is 1180. The molecule has 1 N–H and O–H groups in total. The maximum absolute atomic E-state index is 13.0. The van der Waals surface area contributed by atoms with Crippen LogP contribution in [0.1, 0.15) is 5.56 Å². The summed E-state index contributed by atoms with van der Waals surface area (Å²) in [4.78, 5) is 48.8. The van der Waals surface area contributed by atoms with Crippen LogP contribution in [-0.2, 0) is 9.59 Å². The number of carbonyl (C=O) groups is 3. The van der Waals surface area contributed by atoms with Gasteiger partial charge in [0.2, 0.25) is 0 Å². The predicted molar refractivity (Wildman–Crippen MR) is 118 cm³/mol. The van der Waals surface area contributed by atoms with E-state index < -0.39 is 22.8 Å². The maximum Gasteiger partial charge on any atom is 0.335 e. The molecule has 1 aliphatic heterocycles. The van der Waals surface area contributed by atoms with Crippen molar-refractivity contribution >= 4 is 51.2 Å². The van der Waals surface area contributed by atoms with E-state index in [0.717, 1.165) is 6.07 Å². The summed E-state index contributed by atoms with van der Waals surface area (Å²) in [5.41, 5.74) is -0.294. The third kappa shape index (κ3) is 4.52. The van der Waals surface area contributed by atoms with E-state index in [2.05, 4.69) is 27.8 Å². The highest BCUT2D eigenvalue weighted by molar-refractivity contribution is 9.10. The van der Waals surface area contributed by atoms with Crippen molar-refractivity contribution in [2.24, 2.45) is 0 Å². The molecule has 2 aromatic carbocycles. The molecule has 0 radical (unpaired) electrons. The van der Waals surface area contributed by atoms with Crippen molar-refractivity contribution in [3.05, 3.63) is 74.8 Å². The number of halogens is 1. The van der Waals surface area contributed by atoms with Crippen LogP contribution in [0.2, 0.25) is 0 Å². The fraction of sp³-hybridized carbons (Fsp3) is 0.0952. The Balaban J connectivity index is 2.03. The number of ether oxygens (including phenoxy) is 2. The number of nitrogens with one attached hydrogen (secondary N) is 1. The highest BCUT2D eigenvalue weighted by Gasteiger charge is 2.37. The highest BCUT2D eigenvalue weighted by atomic mass is 79.9. The summed E-state index contributed by atoms with van der Waals surface area (Å²) in [5.74, 6) is -1.09. The van der Waals surface area contributed by atoms with Crippen molar-refractivity contribution in [3.8, 4) is 11.5 Å². The fourth-order valence-electron chi connectivity index (χ4n) is 2.91. The van der Waals surface area contributed by atoms with E-state index in [1.807, 2.05) is 0 Å². The number of carbonyl (C=O) groups excluding carboxylic acids is 3. The van der Waals surface area contributed by atoms with Crippen LogP contribution < -0.4 is 19.7 Å². The summed E-state index contributed by atoms with van der Waals surface area (Å²) in [6.45, 7) is 3.82. The third-order valence-corrected chi connectivity index (χ3v) is 4.90. The van der Waals surface area contributed by atoms with Crippen molar-refractivity contribution in [2.75, 3.05) is 18.6 Å². The average Bonchev–Trinajstić information content (AvgIpc) is 2.75. The number of hydrogen-bond acceptors (Lipinski definition) is 7. The number of nitro groups is 1. The zero-order valence-corrected chi connectivity index (χ0v) is 18.2. The molecule has 4 amide bonds. The number of barbiturate groups is 1. The molecule has 1 aliphatic rings. The minimum atomic E-state index is -1.01. The van der Waals surface area contributed by atoms with Crippen molar-refractivity contribution in [1.29, 1.82) is 0 Å². The molecule has 0 aromatic heterocycles. The van der Waals surface area contributed by atoms with Crippen molar-refractivity contribution in [1.82, 2.24) is 5.32 Å². The number of hydrogen-bond donors (Lipinski definition) is 1. The number of rotatable bonds is 7. The quantitative estimate of drug-likeness (QED) is 0.202. The van der Waals surface area contributed by atoms with E-state index in [-0.39, 0.29) is 23.6 Å². The normalized spacial score (nSPS) is 14.9. The van der Waals surface area contributed by atoms with Gasteiger partial charge in [0.15, 0.2) is 11.5 Å². The SMILES string of the molecule is C=CCOc1c(Br)cc(/C=C2\C(=O)NC(=O)N(c3cccc([N+](=O)[O-])c3)C2=O)cc1OC. The second-order valence-electron chi connectivity index (χ2n) is 6.37. The summed E-state index contributed by atoms with van der Waals surface area (Å²) >= 11 is 3.36. The Labute approximate surface area is 190 Å². The Morgan fingerprint density at radius 3 is 2.66 bits per heavy atom. The van der Waals surface area contributed by atoms with Crippen molar-refractivity contribution < 1.29 is 28.8 Å². The molecular weight excluding hydrogens is 486 g/mol. The van der Waals surface area contributed by atoms with Gasteiger partial charge in [0.1, 0.15) is 12.2 Å². The fourth-order valence-corrected chi connectivity index (χ4v) is 3.48.